The van der Waals surface area contributed by atoms with Gasteiger partial charge in [-0.15, -0.1) is 0 Å². The number of nitrogens with two attached hydrogens (primary N) is 1. The van der Waals surface area contributed by atoms with E-state index in [1.807, 2.05) is 0 Å². The number of carboxylic acids is 1. The van der Waals surface area contributed by atoms with Crippen LogP contribution in [0.5, 0.6) is 0 Å². The molecule has 0 saturated heterocycles. The number of carbonyl (C=O) groups excluding carboxylic acids is 4. The predicted octanol–water partition coefficient (Wildman–Crippen LogP) is -3.48. The average Bonchev–Trinajstić information content (AvgIpc) is 2.52. The molecule has 0 bridgehead atoms. The molecule has 0 aromatic carbocycles. The maximum Gasteiger partial charge on any atom is 0.322 e. The smallest absolute Gasteiger partial charge is 0.322 e. The van der Waals surface area contributed by atoms with Crippen LogP contribution < -0.4 is 27.0 Å². The van der Waals surface area contributed by atoms with E-state index in [0.717, 1.165) is 0 Å². The molecule has 1 atom stereocenters. The Morgan fingerprint density at radius 3 is 1.83 bits per heavy atom. The van der Waals surface area contributed by atoms with Gasteiger partial charge in [-0.3, -0.25) is 24.0 Å². The van der Waals surface area contributed by atoms with Gasteiger partial charge in [0.1, 0.15) is 12.6 Å². The molecule has 0 aliphatic rings. The highest BCUT2D eigenvalue weighted by molar-refractivity contribution is 5.92. The summed E-state index contributed by atoms with van der Waals surface area (Å²) in [5.41, 5.74) is 5.17. The Morgan fingerprint density at radius 2 is 1.38 bits per heavy atom. The lowest BCUT2D eigenvalue weighted by molar-refractivity contribution is -0.137. The molecule has 0 unspecified atom stereocenters. The van der Waals surface area contributed by atoms with E-state index in [2.05, 4.69) is 21.3 Å². The van der Waals surface area contributed by atoms with Crippen LogP contribution in [0.3, 0.4) is 0 Å². The van der Waals surface area contributed by atoms with Gasteiger partial charge in [-0.05, 0) is 5.92 Å². The summed E-state index contributed by atoms with van der Waals surface area (Å²) in [4.78, 5) is 56.2. The Hall–Kier alpha value is -2.69. The maximum absolute atomic E-state index is 12.0. The molecular weight excluding hydrogens is 322 g/mol. The Kier molecular flexibility index (Phi) is 9.71. The zero-order valence-electron chi connectivity index (χ0n) is 13.5. The van der Waals surface area contributed by atoms with E-state index >= 15 is 0 Å². The minimum Gasteiger partial charge on any atom is -0.480 e. The molecule has 0 aliphatic heterocycles. The summed E-state index contributed by atoms with van der Waals surface area (Å²) in [6.45, 7) is 1.80. The van der Waals surface area contributed by atoms with Crippen LogP contribution in [0.25, 0.3) is 0 Å². The number of carbonyl (C=O) groups is 5. The number of aliphatic carboxylic acids is 1. The molecule has 0 spiro atoms. The third kappa shape index (κ3) is 9.35. The SMILES string of the molecule is CC(C)[C@H](NC(=O)CN)C(=O)NCC(=O)NCC(=O)NCC(=O)O. The number of hydrogen-bond donors (Lipinski definition) is 6. The van der Waals surface area contributed by atoms with E-state index in [0.29, 0.717) is 0 Å². The highest BCUT2D eigenvalue weighted by Gasteiger charge is 2.23. The van der Waals surface area contributed by atoms with Crippen molar-refractivity contribution in [2.24, 2.45) is 11.7 Å². The van der Waals surface area contributed by atoms with Gasteiger partial charge >= 0.3 is 5.97 Å². The molecule has 0 aromatic heterocycles. The minimum atomic E-state index is -1.21. The van der Waals surface area contributed by atoms with Crippen LogP contribution in [0.2, 0.25) is 0 Å². The van der Waals surface area contributed by atoms with Crippen molar-refractivity contribution in [2.75, 3.05) is 26.2 Å². The largest absolute Gasteiger partial charge is 0.480 e. The maximum atomic E-state index is 12.0. The monoisotopic (exact) mass is 345 g/mol. The van der Waals surface area contributed by atoms with E-state index in [-0.39, 0.29) is 12.5 Å². The van der Waals surface area contributed by atoms with Gasteiger partial charge in [0.2, 0.25) is 23.6 Å². The molecule has 0 aliphatic carbocycles. The molecule has 0 fully saturated rings. The molecule has 0 saturated carbocycles. The zero-order valence-corrected chi connectivity index (χ0v) is 13.5. The summed E-state index contributed by atoms with van der Waals surface area (Å²) < 4.78 is 0. The van der Waals surface area contributed by atoms with Gasteiger partial charge in [-0.1, -0.05) is 13.8 Å². The minimum absolute atomic E-state index is 0.217. The molecule has 24 heavy (non-hydrogen) atoms. The highest BCUT2D eigenvalue weighted by Crippen LogP contribution is 2.01. The normalized spacial score (nSPS) is 11.3. The van der Waals surface area contributed by atoms with Crippen LogP contribution in [0, 0.1) is 5.92 Å². The van der Waals surface area contributed by atoms with Crippen molar-refractivity contribution in [3.63, 3.8) is 0 Å². The number of rotatable bonds is 10. The second kappa shape index (κ2) is 10.9. The van der Waals surface area contributed by atoms with E-state index in [9.17, 15) is 24.0 Å². The lowest BCUT2D eigenvalue weighted by Gasteiger charge is -2.21. The Labute approximate surface area is 138 Å². The number of carboxylic acid groups (broad SMARTS) is 1. The fraction of sp³-hybridized carbons (Fsp3) is 0.615. The van der Waals surface area contributed by atoms with Crippen molar-refractivity contribution in [2.45, 2.75) is 19.9 Å². The van der Waals surface area contributed by atoms with E-state index in [1.165, 1.54) is 0 Å². The van der Waals surface area contributed by atoms with Crippen LogP contribution in [0.1, 0.15) is 13.8 Å². The third-order valence-electron chi connectivity index (χ3n) is 2.76. The van der Waals surface area contributed by atoms with Crippen molar-refractivity contribution in [3.8, 4) is 0 Å². The van der Waals surface area contributed by atoms with E-state index in [4.69, 9.17) is 10.8 Å². The predicted molar refractivity (Wildman–Crippen MR) is 82.5 cm³/mol. The zero-order chi connectivity index (χ0) is 18.7. The molecule has 11 nitrogen and oxygen atoms in total. The average molecular weight is 345 g/mol. The van der Waals surface area contributed by atoms with Crippen LogP contribution >= 0.6 is 0 Å². The first-order valence-electron chi connectivity index (χ1n) is 7.19. The molecule has 4 amide bonds. The summed E-state index contributed by atoms with van der Waals surface area (Å²) in [5.74, 6) is -3.79. The number of nitrogens with one attached hydrogen (secondary N) is 4. The van der Waals surface area contributed by atoms with Gasteiger partial charge in [-0.2, -0.15) is 0 Å². The van der Waals surface area contributed by atoms with Crippen molar-refractivity contribution in [1.29, 1.82) is 0 Å². The molecule has 7 N–H and O–H groups in total. The molecule has 0 rings (SSSR count). The van der Waals surface area contributed by atoms with Crippen molar-refractivity contribution in [3.05, 3.63) is 0 Å². The highest BCUT2D eigenvalue weighted by atomic mass is 16.4. The van der Waals surface area contributed by atoms with E-state index in [1.54, 1.807) is 13.8 Å². The summed E-state index contributed by atoms with van der Waals surface area (Å²) in [5, 5.41) is 17.4. The molecule has 0 aromatic rings. The first-order chi connectivity index (χ1) is 11.2. The van der Waals surface area contributed by atoms with Crippen molar-refractivity contribution >= 4 is 29.6 Å². The molecule has 11 heteroatoms. The first kappa shape index (κ1) is 21.3. The van der Waals surface area contributed by atoms with Crippen molar-refractivity contribution in [1.82, 2.24) is 21.3 Å². The van der Waals surface area contributed by atoms with Crippen LogP contribution in [0.4, 0.5) is 0 Å². The van der Waals surface area contributed by atoms with Gasteiger partial charge in [-0.25, -0.2) is 0 Å². The van der Waals surface area contributed by atoms with Crippen LogP contribution in [-0.2, 0) is 24.0 Å². The van der Waals surface area contributed by atoms with E-state index < -0.39 is 55.3 Å². The van der Waals surface area contributed by atoms with Crippen LogP contribution in [0.15, 0.2) is 0 Å². The standard InChI is InChI=1S/C13H23N5O6/c1-7(2)12(18-8(19)3-14)13(24)17-5-10(21)15-4-9(20)16-6-11(22)23/h7,12H,3-6,14H2,1-2H3,(H,15,21)(H,16,20)(H,17,24)(H,18,19)(H,22,23)/t12-/m0/s1. The topological polar surface area (TPSA) is 180 Å². The second-order valence-electron chi connectivity index (χ2n) is 5.16. The molecule has 0 radical (unpaired) electrons. The molecule has 0 heterocycles. The third-order valence-corrected chi connectivity index (χ3v) is 2.76. The van der Waals surface area contributed by atoms with Crippen LogP contribution in [-0.4, -0.2) is 66.9 Å². The fourth-order valence-electron chi connectivity index (χ4n) is 1.52. The summed E-state index contributed by atoms with van der Waals surface area (Å²) in [6.07, 6.45) is 0. The summed E-state index contributed by atoms with van der Waals surface area (Å²) in [6, 6.07) is -0.840. The van der Waals surface area contributed by atoms with Gasteiger partial charge in [0, 0.05) is 0 Å². The van der Waals surface area contributed by atoms with Gasteiger partial charge < -0.3 is 32.1 Å². The van der Waals surface area contributed by atoms with Gasteiger partial charge in [0.05, 0.1) is 19.6 Å². The Morgan fingerprint density at radius 1 is 0.875 bits per heavy atom. The number of hydrogen-bond acceptors (Lipinski definition) is 6. The lowest BCUT2D eigenvalue weighted by Crippen LogP contribution is -2.52. The lowest BCUT2D eigenvalue weighted by atomic mass is 10.0. The second-order valence-corrected chi connectivity index (χ2v) is 5.16. The van der Waals surface area contributed by atoms with Gasteiger partial charge in [0.25, 0.3) is 0 Å². The molecular formula is C13H23N5O6. The number of amides is 4. The first-order valence-corrected chi connectivity index (χ1v) is 7.19. The summed E-state index contributed by atoms with van der Waals surface area (Å²) in [7, 11) is 0. The fourth-order valence-corrected chi connectivity index (χ4v) is 1.52. The van der Waals surface area contributed by atoms with Crippen molar-refractivity contribution < 1.29 is 29.1 Å². The summed E-state index contributed by atoms with van der Waals surface area (Å²) >= 11 is 0. The van der Waals surface area contributed by atoms with Gasteiger partial charge in [0.15, 0.2) is 0 Å². The molecule has 136 valence electrons. The Balaban J connectivity index is 4.23. The Bertz CT molecular complexity index is 493. The quantitative estimate of drug-likeness (QED) is 0.238.